The molecule has 1 rings (SSSR count). The van der Waals surface area contributed by atoms with E-state index in [2.05, 4.69) is 10.2 Å². The molecule has 0 amide bonds. The first-order valence-corrected chi connectivity index (χ1v) is 6.49. The van der Waals surface area contributed by atoms with Gasteiger partial charge in [-0.25, -0.2) is 0 Å². The second-order valence-electron chi connectivity index (χ2n) is 5.89. The summed E-state index contributed by atoms with van der Waals surface area (Å²) in [5.74, 6) is 0.554. The first-order valence-electron chi connectivity index (χ1n) is 6.49. The molecule has 0 aliphatic carbocycles. The van der Waals surface area contributed by atoms with Crippen molar-refractivity contribution in [3.8, 4) is 0 Å². The van der Waals surface area contributed by atoms with E-state index in [1.54, 1.807) is 0 Å². The first kappa shape index (κ1) is 14.5. The fraction of sp³-hybridized carbons (Fsp3) is 0.923. The van der Waals surface area contributed by atoms with Crippen LogP contribution in [0.2, 0.25) is 0 Å². The SMILES string of the molecule is CNCC1CCCN(CC(=O)OC(C)(C)C)C1. The Labute approximate surface area is 105 Å². The summed E-state index contributed by atoms with van der Waals surface area (Å²) in [5.41, 5.74) is -0.378. The van der Waals surface area contributed by atoms with Gasteiger partial charge in [0.2, 0.25) is 0 Å². The van der Waals surface area contributed by atoms with Gasteiger partial charge in [0.05, 0.1) is 6.54 Å². The van der Waals surface area contributed by atoms with Crippen molar-refractivity contribution in [3.05, 3.63) is 0 Å². The Morgan fingerprint density at radius 1 is 1.47 bits per heavy atom. The van der Waals surface area contributed by atoms with E-state index >= 15 is 0 Å². The van der Waals surface area contributed by atoms with Gasteiger partial charge in [0.25, 0.3) is 0 Å². The summed E-state index contributed by atoms with van der Waals surface area (Å²) in [5, 5.41) is 3.21. The molecule has 4 nitrogen and oxygen atoms in total. The number of carbonyl (C=O) groups is 1. The van der Waals surface area contributed by atoms with Crippen LogP contribution in [-0.4, -0.2) is 49.7 Å². The van der Waals surface area contributed by atoms with Gasteiger partial charge >= 0.3 is 5.97 Å². The molecule has 1 heterocycles. The van der Waals surface area contributed by atoms with Crippen molar-refractivity contribution in [2.45, 2.75) is 39.2 Å². The highest BCUT2D eigenvalue weighted by atomic mass is 16.6. The predicted octanol–water partition coefficient (Wildman–Crippen LogP) is 1.26. The van der Waals surface area contributed by atoms with Crippen LogP contribution >= 0.6 is 0 Å². The standard InChI is InChI=1S/C13H26N2O2/c1-13(2,3)17-12(16)10-15-7-5-6-11(9-15)8-14-4/h11,14H,5-10H2,1-4H3. The van der Waals surface area contributed by atoms with Crippen LogP contribution in [0.3, 0.4) is 0 Å². The minimum absolute atomic E-state index is 0.109. The van der Waals surface area contributed by atoms with Crippen molar-refractivity contribution in [1.29, 1.82) is 0 Å². The highest BCUT2D eigenvalue weighted by Gasteiger charge is 2.23. The van der Waals surface area contributed by atoms with Crippen molar-refractivity contribution in [2.75, 3.05) is 33.2 Å². The number of rotatable bonds is 4. The predicted molar refractivity (Wildman–Crippen MR) is 68.9 cm³/mol. The second kappa shape index (κ2) is 6.36. The van der Waals surface area contributed by atoms with E-state index in [0.29, 0.717) is 12.5 Å². The molecular formula is C13H26N2O2. The lowest BCUT2D eigenvalue weighted by atomic mass is 9.98. The van der Waals surface area contributed by atoms with Crippen LogP contribution in [-0.2, 0) is 9.53 Å². The molecule has 0 aromatic rings. The van der Waals surface area contributed by atoms with Gasteiger partial charge in [-0.15, -0.1) is 0 Å². The van der Waals surface area contributed by atoms with E-state index in [1.807, 2.05) is 27.8 Å². The number of carbonyl (C=O) groups excluding carboxylic acids is 1. The molecule has 0 aromatic heterocycles. The van der Waals surface area contributed by atoms with Crippen LogP contribution in [0.1, 0.15) is 33.6 Å². The lowest BCUT2D eigenvalue weighted by Gasteiger charge is -2.32. The van der Waals surface area contributed by atoms with Gasteiger partial charge in [-0.3, -0.25) is 9.69 Å². The molecule has 0 spiro atoms. The summed E-state index contributed by atoms with van der Waals surface area (Å²) in [6.07, 6.45) is 2.43. The van der Waals surface area contributed by atoms with Gasteiger partial charge in [0, 0.05) is 6.54 Å². The number of hydrogen-bond donors (Lipinski definition) is 1. The molecule has 4 heteroatoms. The fourth-order valence-electron chi connectivity index (χ4n) is 2.31. The van der Waals surface area contributed by atoms with Crippen molar-refractivity contribution in [3.63, 3.8) is 0 Å². The molecule has 1 atom stereocenters. The number of piperidine rings is 1. The van der Waals surface area contributed by atoms with Crippen LogP contribution < -0.4 is 5.32 Å². The maximum absolute atomic E-state index is 11.7. The van der Waals surface area contributed by atoms with E-state index in [1.165, 1.54) is 12.8 Å². The minimum Gasteiger partial charge on any atom is -0.459 e. The van der Waals surface area contributed by atoms with E-state index in [9.17, 15) is 4.79 Å². The molecule has 0 aromatic carbocycles. The van der Waals surface area contributed by atoms with Crippen LogP contribution in [0, 0.1) is 5.92 Å². The van der Waals surface area contributed by atoms with Gasteiger partial charge < -0.3 is 10.1 Å². The van der Waals surface area contributed by atoms with Gasteiger partial charge in [-0.05, 0) is 59.7 Å². The molecule has 0 saturated carbocycles. The zero-order chi connectivity index (χ0) is 12.9. The Balaban J connectivity index is 2.33. The van der Waals surface area contributed by atoms with E-state index in [-0.39, 0.29) is 11.6 Å². The average Bonchev–Trinajstić information content (AvgIpc) is 2.15. The Bertz CT molecular complexity index is 246. The van der Waals surface area contributed by atoms with Crippen LogP contribution in [0.25, 0.3) is 0 Å². The maximum Gasteiger partial charge on any atom is 0.320 e. The summed E-state index contributed by atoms with van der Waals surface area (Å²) in [6.45, 7) is 9.20. The fourth-order valence-corrected chi connectivity index (χ4v) is 2.31. The molecule has 17 heavy (non-hydrogen) atoms. The van der Waals surface area contributed by atoms with Crippen LogP contribution in [0.5, 0.6) is 0 Å². The monoisotopic (exact) mass is 242 g/mol. The Morgan fingerprint density at radius 2 is 2.18 bits per heavy atom. The summed E-state index contributed by atoms with van der Waals surface area (Å²) >= 11 is 0. The van der Waals surface area contributed by atoms with Crippen molar-refractivity contribution >= 4 is 5.97 Å². The topological polar surface area (TPSA) is 41.6 Å². The molecular weight excluding hydrogens is 216 g/mol. The van der Waals surface area contributed by atoms with E-state index < -0.39 is 0 Å². The Hall–Kier alpha value is -0.610. The number of ether oxygens (including phenoxy) is 1. The number of nitrogens with one attached hydrogen (secondary N) is 1. The largest absolute Gasteiger partial charge is 0.459 e. The highest BCUT2D eigenvalue weighted by molar-refractivity contribution is 5.72. The van der Waals surface area contributed by atoms with Crippen molar-refractivity contribution < 1.29 is 9.53 Å². The average molecular weight is 242 g/mol. The maximum atomic E-state index is 11.7. The molecule has 1 fully saturated rings. The smallest absolute Gasteiger partial charge is 0.320 e. The minimum atomic E-state index is -0.378. The summed E-state index contributed by atoms with van der Waals surface area (Å²) < 4.78 is 5.34. The third-order valence-electron chi connectivity index (χ3n) is 2.87. The molecule has 1 N–H and O–H groups in total. The molecule has 100 valence electrons. The van der Waals surface area contributed by atoms with Crippen molar-refractivity contribution in [1.82, 2.24) is 10.2 Å². The molecule has 1 saturated heterocycles. The molecule has 1 aliphatic heterocycles. The Morgan fingerprint density at radius 3 is 2.76 bits per heavy atom. The summed E-state index contributed by atoms with van der Waals surface area (Å²) in [6, 6.07) is 0. The van der Waals surface area contributed by atoms with Gasteiger partial charge in [0.1, 0.15) is 5.60 Å². The Kier molecular flexibility index (Phi) is 5.40. The lowest BCUT2D eigenvalue weighted by molar-refractivity contribution is -0.156. The third kappa shape index (κ3) is 6.03. The van der Waals surface area contributed by atoms with Gasteiger partial charge in [-0.1, -0.05) is 0 Å². The molecule has 1 aliphatic rings. The van der Waals surface area contributed by atoms with Crippen LogP contribution in [0.4, 0.5) is 0 Å². The van der Waals surface area contributed by atoms with Crippen LogP contribution in [0.15, 0.2) is 0 Å². The highest BCUT2D eigenvalue weighted by Crippen LogP contribution is 2.16. The van der Waals surface area contributed by atoms with Crippen molar-refractivity contribution in [2.24, 2.45) is 5.92 Å². The zero-order valence-electron chi connectivity index (χ0n) is 11.6. The summed E-state index contributed by atoms with van der Waals surface area (Å²) in [4.78, 5) is 13.9. The number of esters is 1. The summed E-state index contributed by atoms with van der Waals surface area (Å²) in [7, 11) is 1.98. The number of likely N-dealkylation sites (tertiary alicyclic amines) is 1. The van der Waals surface area contributed by atoms with E-state index in [0.717, 1.165) is 19.6 Å². The molecule has 0 bridgehead atoms. The molecule has 1 unspecified atom stereocenters. The normalized spacial score (nSPS) is 22.5. The quantitative estimate of drug-likeness (QED) is 0.754. The lowest BCUT2D eigenvalue weighted by Crippen LogP contribution is -2.43. The number of nitrogens with zero attached hydrogens (tertiary/aromatic N) is 1. The second-order valence-corrected chi connectivity index (χ2v) is 5.89. The number of hydrogen-bond acceptors (Lipinski definition) is 4. The van der Waals surface area contributed by atoms with E-state index in [4.69, 9.17) is 4.74 Å². The third-order valence-corrected chi connectivity index (χ3v) is 2.87. The van der Waals surface area contributed by atoms with Gasteiger partial charge in [0.15, 0.2) is 0 Å². The zero-order valence-corrected chi connectivity index (χ0v) is 11.6. The van der Waals surface area contributed by atoms with Gasteiger partial charge in [-0.2, -0.15) is 0 Å². The first-order chi connectivity index (χ1) is 7.90. The molecule has 0 radical (unpaired) electrons.